The van der Waals surface area contributed by atoms with E-state index in [0.717, 1.165) is 35.6 Å². The Bertz CT molecular complexity index is 474. The quantitative estimate of drug-likeness (QED) is 0.917. The normalized spacial score (nSPS) is 23.4. The van der Waals surface area contributed by atoms with Crippen molar-refractivity contribution in [2.75, 3.05) is 33.5 Å². The first kappa shape index (κ1) is 14.2. The van der Waals surface area contributed by atoms with Crippen LogP contribution in [0.1, 0.15) is 24.4 Å². The van der Waals surface area contributed by atoms with Crippen LogP contribution in [0.15, 0.2) is 16.6 Å². The Hall–Kier alpha value is -0.780. The van der Waals surface area contributed by atoms with Crippen LogP contribution in [0.2, 0.25) is 0 Å². The van der Waals surface area contributed by atoms with E-state index in [1.54, 1.807) is 0 Å². The van der Waals surface area contributed by atoms with E-state index in [9.17, 15) is 0 Å². The van der Waals surface area contributed by atoms with E-state index in [2.05, 4.69) is 27.3 Å². The van der Waals surface area contributed by atoms with E-state index in [4.69, 9.17) is 14.2 Å². The zero-order chi connectivity index (χ0) is 13.9. The van der Waals surface area contributed by atoms with Crippen molar-refractivity contribution in [2.45, 2.75) is 18.9 Å². The molecule has 1 aromatic carbocycles. The van der Waals surface area contributed by atoms with Gasteiger partial charge in [-0.1, -0.05) is 15.9 Å². The molecule has 1 fully saturated rings. The minimum absolute atomic E-state index is 0.264. The van der Waals surface area contributed by atoms with Gasteiger partial charge in [-0.3, -0.25) is 0 Å². The maximum atomic E-state index is 5.70. The first-order valence-electron chi connectivity index (χ1n) is 7.13. The van der Waals surface area contributed by atoms with Gasteiger partial charge in [0.25, 0.3) is 0 Å². The first-order chi connectivity index (χ1) is 9.79. The molecule has 2 unspecified atom stereocenters. The molecule has 20 heavy (non-hydrogen) atoms. The van der Waals surface area contributed by atoms with Crippen molar-refractivity contribution < 1.29 is 14.2 Å². The lowest BCUT2D eigenvalue weighted by atomic mass is 9.88. The molecule has 0 aliphatic carbocycles. The summed E-state index contributed by atoms with van der Waals surface area (Å²) in [5.41, 5.74) is 1.22. The van der Waals surface area contributed by atoms with Crippen molar-refractivity contribution in [3.8, 4) is 11.5 Å². The Morgan fingerprint density at radius 1 is 1.20 bits per heavy atom. The van der Waals surface area contributed by atoms with E-state index >= 15 is 0 Å². The number of benzene rings is 1. The van der Waals surface area contributed by atoms with Crippen molar-refractivity contribution >= 4 is 15.9 Å². The molecule has 1 N–H and O–H groups in total. The van der Waals surface area contributed by atoms with Gasteiger partial charge in [0, 0.05) is 23.0 Å². The Balaban J connectivity index is 1.90. The van der Waals surface area contributed by atoms with Crippen LogP contribution in [0, 0.1) is 5.92 Å². The molecule has 0 amide bonds. The smallest absolute Gasteiger partial charge is 0.162 e. The van der Waals surface area contributed by atoms with Crippen molar-refractivity contribution in [3.63, 3.8) is 0 Å². The highest BCUT2D eigenvalue weighted by Crippen LogP contribution is 2.40. The molecule has 4 nitrogen and oxygen atoms in total. The molecule has 3 rings (SSSR count). The number of halogens is 1. The topological polar surface area (TPSA) is 39.7 Å². The van der Waals surface area contributed by atoms with Gasteiger partial charge in [-0.25, -0.2) is 0 Å². The third-order valence-corrected chi connectivity index (χ3v) is 4.66. The molecule has 1 aromatic rings. The lowest BCUT2D eigenvalue weighted by Crippen LogP contribution is -2.31. The highest BCUT2D eigenvalue weighted by Gasteiger charge is 2.27. The van der Waals surface area contributed by atoms with E-state index in [-0.39, 0.29) is 6.04 Å². The summed E-state index contributed by atoms with van der Waals surface area (Å²) in [6, 6.07) is 4.37. The van der Waals surface area contributed by atoms with Crippen LogP contribution in [-0.4, -0.2) is 33.5 Å². The van der Waals surface area contributed by atoms with E-state index < -0.39 is 0 Å². The van der Waals surface area contributed by atoms with Crippen LogP contribution < -0.4 is 14.8 Å². The van der Waals surface area contributed by atoms with Crippen molar-refractivity contribution in [1.82, 2.24) is 5.32 Å². The average Bonchev–Trinajstić information content (AvgIpc) is 2.49. The predicted octanol–water partition coefficient (Wildman–Crippen LogP) is 2.91. The molecule has 2 aliphatic heterocycles. The molecule has 0 spiro atoms. The summed E-state index contributed by atoms with van der Waals surface area (Å²) >= 11 is 3.67. The molecule has 0 bridgehead atoms. The second kappa shape index (κ2) is 6.33. The fourth-order valence-corrected chi connectivity index (χ4v) is 3.56. The predicted molar refractivity (Wildman–Crippen MR) is 80.5 cm³/mol. The fraction of sp³-hybridized carbons (Fsp3) is 0.600. The molecule has 2 aliphatic rings. The minimum atomic E-state index is 0.264. The van der Waals surface area contributed by atoms with Crippen LogP contribution in [0.5, 0.6) is 11.5 Å². The third-order valence-electron chi connectivity index (χ3n) is 3.97. The van der Waals surface area contributed by atoms with Crippen LogP contribution in [0.25, 0.3) is 0 Å². The maximum absolute atomic E-state index is 5.70. The summed E-state index contributed by atoms with van der Waals surface area (Å²) in [7, 11) is 2.00. The zero-order valence-corrected chi connectivity index (χ0v) is 13.2. The summed E-state index contributed by atoms with van der Waals surface area (Å²) in [5.74, 6) is 2.15. The van der Waals surface area contributed by atoms with Crippen molar-refractivity contribution in [1.29, 1.82) is 0 Å². The number of fused-ring (bicyclic) bond motifs is 1. The lowest BCUT2D eigenvalue weighted by molar-refractivity contribution is 0.0400. The molecular weight excluding hydrogens is 322 g/mol. The Morgan fingerprint density at radius 2 is 1.95 bits per heavy atom. The maximum Gasteiger partial charge on any atom is 0.162 e. The Morgan fingerprint density at radius 3 is 2.60 bits per heavy atom. The largest absolute Gasteiger partial charge is 0.486 e. The highest BCUT2D eigenvalue weighted by molar-refractivity contribution is 9.10. The van der Waals surface area contributed by atoms with Crippen LogP contribution in [0.3, 0.4) is 0 Å². The SMILES string of the molecule is CNC(c1cc2c(cc1Br)OCCO2)C1CCCOC1. The Kier molecular flexibility index (Phi) is 4.48. The molecule has 110 valence electrons. The van der Waals surface area contributed by atoms with Crippen molar-refractivity contribution in [3.05, 3.63) is 22.2 Å². The zero-order valence-electron chi connectivity index (χ0n) is 11.7. The molecule has 5 heteroatoms. The first-order valence-corrected chi connectivity index (χ1v) is 7.93. The second-order valence-corrected chi connectivity index (χ2v) is 6.12. The molecule has 0 saturated carbocycles. The van der Waals surface area contributed by atoms with Crippen LogP contribution in [0.4, 0.5) is 0 Å². The molecule has 0 radical (unpaired) electrons. The number of rotatable bonds is 3. The minimum Gasteiger partial charge on any atom is -0.486 e. The summed E-state index contributed by atoms with van der Waals surface area (Å²) in [6.45, 7) is 2.93. The van der Waals surface area contributed by atoms with Gasteiger partial charge in [-0.05, 0) is 37.6 Å². The lowest BCUT2D eigenvalue weighted by Gasteiger charge is -2.31. The van der Waals surface area contributed by atoms with Gasteiger partial charge in [-0.2, -0.15) is 0 Å². The standard InChI is InChI=1S/C15H20BrNO3/c1-17-15(10-3-2-4-18-9-10)11-7-13-14(8-12(11)16)20-6-5-19-13/h7-8,10,15,17H,2-6,9H2,1H3. The molecule has 0 aromatic heterocycles. The van der Waals surface area contributed by atoms with E-state index in [1.165, 1.54) is 12.0 Å². The third kappa shape index (κ3) is 2.80. The molecule has 1 saturated heterocycles. The van der Waals surface area contributed by atoms with Gasteiger partial charge in [-0.15, -0.1) is 0 Å². The summed E-state index contributed by atoms with van der Waals surface area (Å²) in [6.07, 6.45) is 2.32. The summed E-state index contributed by atoms with van der Waals surface area (Å²) in [4.78, 5) is 0. The molecule has 2 heterocycles. The summed E-state index contributed by atoms with van der Waals surface area (Å²) < 4.78 is 18.0. The van der Waals surface area contributed by atoms with E-state index in [0.29, 0.717) is 19.1 Å². The van der Waals surface area contributed by atoms with Gasteiger partial charge in [0.1, 0.15) is 13.2 Å². The van der Waals surface area contributed by atoms with Gasteiger partial charge >= 0.3 is 0 Å². The van der Waals surface area contributed by atoms with Gasteiger partial charge in [0.05, 0.1) is 6.61 Å². The second-order valence-electron chi connectivity index (χ2n) is 5.26. The van der Waals surface area contributed by atoms with Crippen LogP contribution >= 0.6 is 15.9 Å². The monoisotopic (exact) mass is 341 g/mol. The molecule has 2 atom stereocenters. The number of ether oxygens (including phenoxy) is 3. The summed E-state index contributed by atoms with van der Waals surface area (Å²) in [5, 5.41) is 3.43. The fourth-order valence-electron chi connectivity index (χ4n) is 2.99. The van der Waals surface area contributed by atoms with E-state index in [1.807, 2.05) is 13.1 Å². The van der Waals surface area contributed by atoms with Gasteiger partial charge in [0.15, 0.2) is 11.5 Å². The van der Waals surface area contributed by atoms with Crippen LogP contribution in [-0.2, 0) is 4.74 Å². The number of hydrogen-bond donors (Lipinski definition) is 1. The van der Waals surface area contributed by atoms with Crippen molar-refractivity contribution in [2.24, 2.45) is 5.92 Å². The Labute approximate surface area is 127 Å². The average molecular weight is 342 g/mol. The van der Waals surface area contributed by atoms with Gasteiger partial charge < -0.3 is 19.5 Å². The van der Waals surface area contributed by atoms with Gasteiger partial charge in [0.2, 0.25) is 0 Å². The molecular formula is C15H20BrNO3. The number of nitrogens with one attached hydrogen (secondary N) is 1. The number of hydrogen-bond acceptors (Lipinski definition) is 4. The highest BCUT2D eigenvalue weighted by atomic mass is 79.9.